The lowest BCUT2D eigenvalue weighted by molar-refractivity contribution is 0.0935. The first-order valence-corrected chi connectivity index (χ1v) is 7.41. The van der Waals surface area contributed by atoms with Crippen LogP contribution in [0.4, 0.5) is 0 Å². The van der Waals surface area contributed by atoms with E-state index in [1.54, 1.807) is 0 Å². The molecule has 1 heterocycles. The molecular formula is C15H32N2. The van der Waals surface area contributed by atoms with Crippen molar-refractivity contribution in [1.29, 1.82) is 0 Å². The number of nitrogens with zero attached hydrogens (tertiary/aromatic N) is 2. The molecule has 0 radical (unpaired) electrons. The van der Waals surface area contributed by atoms with E-state index in [1.165, 1.54) is 32.5 Å². The topological polar surface area (TPSA) is 6.48 Å². The lowest BCUT2D eigenvalue weighted by Crippen LogP contribution is -2.45. The Morgan fingerprint density at radius 3 is 1.76 bits per heavy atom. The second-order valence-electron chi connectivity index (χ2n) is 6.46. The van der Waals surface area contributed by atoms with Crippen molar-refractivity contribution < 1.29 is 0 Å². The SMILES string of the molecule is CC(C)N1CCC(CN(C(C)C)C(C)C)CC1. The van der Waals surface area contributed by atoms with Crippen LogP contribution in [0, 0.1) is 5.92 Å². The van der Waals surface area contributed by atoms with Crippen LogP contribution in [-0.2, 0) is 0 Å². The first-order chi connectivity index (χ1) is 7.91. The highest BCUT2D eigenvalue weighted by molar-refractivity contribution is 4.79. The molecule has 0 amide bonds. The van der Waals surface area contributed by atoms with E-state index in [2.05, 4.69) is 51.3 Å². The Balaban J connectivity index is 2.38. The summed E-state index contributed by atoms with van der Waals surface area (Å²) >= 11 is 0. The maximum atomic E-state index is 2.65. The molecule has 1 aliphatic rings. The summed E-state index contributed by atoms with van der Waals surface area (Å²) in [5, 5.41) is 0. The van der Waals surface area contributed by atoms with Crippen molar-refractivity contribution in [3.8, 4) is 0 Å². The number of rotatable bonds is 5. The van der Waals surface area contributed by atoms with E-state index < -0.39 is 0 Å². The Bertz CT molecular complexity index is 195. The molecule has 0 unspecified atom stereocenters. The first-order valence-electron chi connectivity index (χ1n) is 7.41. The van der Waals surface area contributed by atoms with Crippen molar-refractivity contribution in [2.45, 2.75) is 72.5 Å². The Kier molecular flexibility index (Phi) is 5.94. The van der Waals surface area contributed by atoms with Crippen LogP contribution in [0.15, 0.2) is 0 Å². The summed E-state index contributed by atoms with van der Waals surface area (Å²) in [5.41, 5.74) is 0. The predicted octanol–water partition coefficient (Wildman–Crippen LogP) is 3.23. The van der Waals surface area contributed by atoms with Crippen LogP contribution in [0.3, 0.4) is 0 Å². The van der Waals surface area contributed by atoms with Crippen LogP contribution in [0.25, 0.3) is 0 Å². The van der Waals surface area contributed by atoms with Gasteiger partial charge in [-0.3, -0.25) is 4.90 Å². The zero-order valence-corrected chi connectivity index (χ0v) is 12.7. The van der Waals surface area contributed by atoms with E-state index in [9.17, 15) is 0 Å². The van der Waals surface area contributed by atoms with Crippen LogP contribution in [-0.4, -0.2) is 47.6 Å². The fraction of sp³-hybridized carbons (Fsp3) is 1.00. The molecule has 2 heteroatoms. The zero-order valence-electron chi connectivity index (χ0n) is 12.7. The molecule has 1 saturated heterocycles. The molecule has 1 rings (SSSR count). The zero-order chi connectivity index (χ0) is 13.0. The Hall–Kier alpha value is -0.0800. The second kappa shape index (κ2) is 6.75. The molecule has 1 aliphatic heterocycles. The molecule has 17 heavy (non-hydrogen) atoms. The Labute approximate surface area is 108 Å². The van der Waals surface area contributed by atoms with E-state index in [4.69, 9.17) is 0 Å². The minimum Gasteiger partial charge on any atom is -0.301 e. The molecule has 0 N–H and O–H groups in total. The fourth-order valence-electron chi connectivity index (χ4n) is 2.97. The minimum absolute atomic E-state index is 0.679. The van der Waals surface area contributed by atoms with Gasteiger partial charge in [-0.2, -0.15) is 0 Å². The van der Waals surface area contributed by atoms with Crippen LogP contribution in [0.2, 0.25) is 0 Å². The summed E-state index contributed by atoms with van der Waals surface area (Å²) in [4.78, 5) is 5.27. The summed E-state index contributed by atoms with van der Waals surface area (Å²) < 4.78 is 0. The predicted molar refractivity (Wildman–Crippen MR) is 76.4 cm³/mol. The van der Waals surface area contributed by atoms with Crippen molar-refractivity contribution in [3.05, 3.63) is 0 Å². The highest BCUT2D eigenvalue weighted by Crippen LogP contribution is 2.21. The van der Waals surface area contributed by atoms with Gasteiger partial charge in [0.2, 0.25) is 0 Å². The fourth-order valence-corrected chi connectivity index (χ4v) is 2.97. The first kappa shape index (κ1) is 15.0. The smallest absolute Gasteiger partial charge is 0.00414 e. The standard InChI is InChI=1S/C15H32N2/c1-12(2)16-9-7-15(8-10-16)11-17(13(3)4)14(5)6/h12-15H,7-11H2,1-6H3. The molecule has 102 valence electrons. The van der Waals surface area contributed by atoms with Crippen LogP contribution in [0.5, 0.6) is 0 Å². The van der Waals surface area contributed by atoms with E-state index in [1.807, 2.05) is 0 Å². The van der Waals surface area contributed by atoms with Crippen molar-refractivity contribution in [2.75, 3.05) is 19.6 Å². The molecule has 0 spiro atoms. The molecule has 0 aromatic heterocycles. The summed E-state index contributed by atoms with van der Waals surface area (Å²) in [6.07, 6.45) is 2.77. The molecule has 0 atom stereocenters. The van der Waals surface area contributed by atoms with Gasteiger partial charge < -0.3 is 4.90 Å². The molecular weight excluding hydrogens is 208 g/mol. The van der Waals surface area contributed by atoms with Crippen molar-refractivity contribution in [2.24, 2.45) is 5.92 Å². The van der Waals surface area contributed by atoms with Gasteiger partial charge in [-0.1, -0.05) is 0 Å². The maximum absolute atomic E-state index is 2.65. The summed E-state index contributed by atoms with van der Waals surface area (Å²) in [6.45, 7) is 17.8. The van der Waals surface area contributed by atoms with Crippen LogP contribution in [0.1, 0.15) is 54.4 Å². The van der Waals surface area contributed by atoms with Gasteiger partial charge in [0.25, 0.3) is 0 Å². The molecule has 0 saturated carbocycles. The Morgan fingerprint density at radius 1 is 0.941 bits per heavy atom. The number of hydrogen-bond acceptors (Lipinski definition) is 2. The van der Waals surface area contributed by atoms with Gasteiger partial charge in [-0.05, 0) is 73.4 Å². The van der Waals surface area contributed by atoms with Crippen molar-refractivity contribution in [1.82, 2.24) is 9.80 Å². The normalized spacial score (nSPS) is 20.1. The van der Waals surface area contributed by atoms with Gasteiger partial charge in [-0.25, -0.2) is 0 Å². The summed E-state index contributed by atoms with van der Waals surface area (Å²) in [6, 6.07) is 2.08. The molecule has 2 nitrogen and oxygen atoms in total. The van der Waals surface area contributed by atoms with Gasteiger partial charge in [0.05, 0.1) is 0 Å². The highest BCUT2D eigenvalue weighted by Gasteiger charge is 2.24. The number of likely N-dealkylation sites (tertiary alicyclic amines) is 1. The van der Waals surface area contributed by atoms with Crippen LogP contribution >= 0.6 is 0 Å². The van der Waals surface area contributed by atoms with E-state index >= 15 is 0 Å². The average molecular weight is 240 g/mol. The third-order valence-electron chi connectivity index (χ3n) is 4.18. The van der Waals surface area contributed by atoms with Crippen molar-refractivity contribution in [3.63, 3.8) is 0 Å². The van der Waals surface area contributed by atoms with Gasteiger partial charge in [0.15, 0.2) is 0 Å². The Morgan fingerprint density at radius 2 is 1.41 bits per heavy atom. The average Bonchev–Trinajstić information content (AvgIpc) is 2.25. The lowest BCUT2D eigenvalue weighted by atomic mass is 9.94. The number of hydrogen-bond donors (Lipinski definition) is 0. The van der Waals surface area contributed by atoms with E-state index in [0.29, 0.717) is 12.1 Å². The highest BCUT2D eigenvalue weighted by atomic mass is 15.2. The molecule has 0 bridgehead atoms. The van der Waals surface area contributed by atoms with Gasteiger partial charge in [0.1, 0.15) is 0 Å². The van der Waals surface area contributed by atoms with E-state index in [-0.39, 0.29) is 0 Å². The largest absolute Gasteiger partial charge is 0.301 e. The number of piperidine rings is 1. The quantitative estimate of drug-likeness (QED) is 0.728. The van der Waals surface area contributed by atoms with Crippen LogP contribution < -0.4 is 0 Å². The van der Waals surface area contributed by atoms with Crippen molar-refractivity contribution >= 4 is 0 Å². The molecule has 0 aliphatic carbocycles. The maximum Gasteiger partial charge on any atom is 0.00414 e. The van der Waals surface area contributed by atoms with Gasteiger partial charge in [-0.15, -0.1) is 0 Å². The third-order valence-corrected chi connectivity index (χ3v) is 4.18. The molecule has 1 fully saturated rings. The summed E-state index contributed by atoms with van der Waals surface area (Å²) in [7, 11) is 0. The minimum atomic E-state index is 0.679. The molecule has 0 aromatic carbocycles. The van der Waals surface area contributed by atoms with Gasteiger partial charge >= 0.3 is 0 Å². The third kappa shape index (κ3) is 4.59. The molecule has 0 aromatic rings. The van der Waals surface area contributed by atoms with Gasteiger partial charge in [0, 0.05) is 24.7 Å². The second-order valence-corrected chi connectivity index (χ2v) is 6.46. The monoisotopic (exact) mass is 240 g/mol. The summed E-state index contributed by atoms with van der Waals surface area (Å²) in [5.74, 6) is 0.912. The lowest BCUT2D eigenvalue weighted by Gasteiger charge is -2.39. The van der Waals surface area contributed by atoms with E-state index in [0.717, 1.165) is 12.0 Å².